The molecule has 0 heterocycles. The monoisotopic (exact) mass is 396 g/mol. The van der Waals surface area contributed by atoms with Crippen molar-refractivity contribution in [2.45, 2.75) is 0 Å². The second kappa shape index (κ2) is 6.03. The van der Waals surface area contributed by atoms with E-state index in [1.807, 2.05) is 6.07 Å². The lowest BCUT2D eigenvalue weighted by Gasteiger charge is -2.08. The van der Waals surface area contributed by atoms with Crippen LogP contribution in [-0.2, 0) is 0 Å². The summed E-state index contributed by atoms with van der Waals surface area (Å²) in [7, 11) is 0. The highest BCUT2D eigenvalue weighted by atomic mass is 79.9. The maximum absolute atomic E-state index is 11.0. The van der Waals surface area contributed by atoms with Crippen LogP contribution in [0, 0.1) is 21.4 Å². The van der Waals surface area contributed by atoms with E-state index in [-0.39, 0.29) is 11.4 Å². The van der Waals surface area contributed by atoms with Gasteiger partial charge in [-0.05, 0) is 40.2 Å². The van der Waals surface area contributed by atoms with E-state index in [0.717, 1.165) is 0 Å². The lowest BCUT2D eigenvalue weighted by atomic mass is 10.2. The Morgan fingerprint density at radius 3 is 2.65 bits per heavy atom. The van der Waals surface area contributed by atoms with Crippen LogP contribution in [0.25, 0.3) is 0 Å². The van der Waals surface area contributed by atoms with E-state index in [2.05, 4.69) is 31.9 Å². The van der Waals surface area contributed by atoms with Crippen LogP contribution in [0.2, 0.25) is 0 Å². The van der Waals surface area contributed by atoms with Gasteiger partial charge >= 0.3 is 5.69 Å². The minimum absolute atomic E-state index is 0.0967. The van der Waals surface area contributed by atoms with Gasteiger partial charge in [0.25, 0.3) is 0 Å². The largest absolute Gasteiger partial charge is 0.449 e. The molecule has 2 rings (SSSR count). The maximum atomic E-state index is 11.0. The summed E-state index contributed by atoms with van der Waals surface area (Å²) in [6, 6.07) is 11.3. The summed E-state index contributed by atoms with van der Waals surface area (Å²) in [6.45, 7) is 0. The molecule has 0 aromatic heterocycles. The third-order valence-corrected chi connectivity index (χ3v) is 3.45. The van der Waals surface area contributed by atoms with Crippen molar-refractivity contribution in [2.24, 2.45) is 0 Å². The van der Waals surface area contributed by atoms with Crippen LogP contribution in [0.15, 0.2) is 45.3 Å². The predicted octanol–water partition coefficient (Wildman–Crippen LogP) is 4.78. The number of nitro groups is 1. The van der Waals surface area contributed by atoms with Crippen LogP contribution >= 0.6 is 31.9 Å². The molecule has 0 amide bonds. The number of rotatable bonds is 3. The topological polar surface area (TPSA) is 76.2 Å². The number of para-hydroxylation sites is 1. The van der Waals surface area contributed by atoms with E-state index >= 15 is 0 Å². The second-order valence-corrected chi connectivity index (χ2v) is 5.50. The minimum atomic E-state index is -0.525. The van der Waals surface area contributed by atoms with E-state index in [4.69, 9.17) is 10.00 Å². The first-order valence-electron chi connectivity index (χ1n) is 5.32. The van der Waals surface area contributed by atoms with E-state index in [1.54, 1.807) is 24.3 Å². The molecule has 0 unspecified atom stereocenters. The first-order valence-corrected chi connectivity index (χ1v) is 6.91. The standard InChI is InChI=1S/C13H6Br2N2O3/c14-9-4-8(7-16)5-10(6-9)20-13-11(15)2-1-3-12(13)17(18)19/h1-6H. The maximum Gasteiger partial charge on any atom is 0.312 e. The average molecular weight is 398 g/mol. The second-order valence-electron chi connectivity index (χ2n) is 3.73. The summed E-state index contributed by atoms with van der Waals surface area (Å²) in [5, 5.41) is 19.9. The first-order chi connectivity index (χ1) is 9.51. The quantitative estimate of drug-likeness (QED) is 0.551. The molecular weight excluding hydrogens is 392 g/mol. The third kappa shape index (κ3) is 3.15. The van der Waals surface area contributed by atoms with Gasteiger partial charge in [-0.3, -0.25) is 10.1 Å². The lowest BCUT2D eigenvalue weighted by molar-refractivity contribution is -0.385. The highest BCUT2D eigenvalue weighted by molar-refractivity contribution is 9.10. The smallest absolute Gasteiger partial charge is 0.312 e. The van der Waals surface area contributed by atoms with Crippen LogP contribution in [0.1, 0.15) is 5.56 Å². The Bertz CT molecular complexity index is 726. The summed E-state index contributed by atoms with van der Waals surface area (Å²) in [5.74, 6) is 0.436. The summed E-state index contributed by atoms with van der Waals surface area (Å²) < 4.78 is 6.67. The van der Waals surface area contributed by atoms with Gasteiger partial charge in [-0.1, -0.05) is 22.0 Å². The molecule has 0 aliphatic rings. The molecule has 2 aromatic carbocycles. The molecule has 0 N–H and O–H groups in total. The Kier molecular flexibility index (Phi) is 4.37. The van der Waals surface area contributed by atoms with E-state index in [0.29, 0.717) is 20.3 Å². The Labute approximate surface area is 131 Å². The van der Waals surface area contributed by atoms with E-state index in [9.17, 15) is 10.1 Å². The Balaban J connectivity index is 2.48. The fourth-order valence-corrected chi connectivity index (χ4v) is 2.46. The number of nitriles is 1. The number of ether oxygens (including phenoxy) is 1. The van der Waals surface area contributed by atoms with Gasteiger partial charge in [0, 0.05) is 10.5 Å². The molecule has 0 bridgehead atoms. The molecular formula is C13H6Br2N2O3. The van der Waals surface area contributed by atoms with Gasteiger partial charge in [0.15, 0.2) is 0 Å². The minimum Gasteiger partial charge on any atom is -0.449 e. The Morgan fingerprint density at radius 2 is 2.00 bits per heavy atom. The Hall–Kier alpha value is -1.91. The van der Waals surface area contributed by atoms with Crippen molar-refractivity contribution >= 4 is 37.5 Å². The molecule has 2 aromatic rings. The average Bonchev–Trinajstić information content (AvgIpc) is 2.40. The van der Waals surface area contributed by atoms with Gasteiger partial charge in [-0.15, -0.1) is 0 Å². The number of benzene rings is 2. The number of halogens is 2. The zero-order valence-corrected chi connectivity index (χ0v) is 13.0. The molecule has 0 spiro atoms. The van der Waals surface area contributed by atoms with Gasteiger partial charge in [0.1, 0.15) is 5.75 Å². The number of nitro benzene ring substituents is 1. The normalized spacial score (nSPS) is 9.85. The number of hydrogen-bond acceptors (Lipinski definition) is 4. The van der Waals surface area contributed by atoms with Crippen molar-refractivity contribution in [3.8, 4) is 17.6 Å². The lowest BCUT2D eigenvalue weighted by Crippen LogP contribution is -1.94. The van der Waals surface area contributed by atoms with Crippen molar-refractivity contribution in [1.29, 1.82) is 5.26 Å². The summed E-state index contributed by atoms with van der Waals surface area (Å²) in [4.78, 5) is 10.5. The first kappa shape index (κ1) is 14.5. The molecule has 0 fully saturated rings. The fourth-order valence-electron chi connectivity index (χ4n) is 1.55. The third-order valence-electron chi connectivity index (χ3n) is 2.36. The van der Waals surface area contributed by atoms with E-state index in [1.165, 1.54) is 12.1 Å². The van der Waals surface area contributed by atoms with Crippen molar-refractivity contribution in [2.75, 3.05) is 0 Å². The Morgan fingerprint density at radius 1 is 1.25 bits per heavy atom. The fraction of sp³-hybridized carbons (Fsp3) is 0. The molecule has 0 radical (unpaired) electrons. The van der Waals surface area contributed by atoms with Crippen LogP contribution in [0.3, 0.4) is 0 Å². The molecule has 100 valence electrons. The van der Waals surface area contributed by atoms with Crippen LogP contribution in [-0.4, -0.2) is 4.92 Å². The highest BCUT2D eigenvalue weighted by Crippen LogP contribution is 2.38. The molecule has 0 saturated carbocycles. The summed E-state index contributed by atoms with van der Waals surface area (Å²) >= 11 is 6.48. The van der Waals surface area contributed by atoms with Crippen molar-refractivity contribution in [1.82, 2.24) is 0 Å². The van der Waals surface area contributed by atoms with Crippen molar-refractivity contribution in [3.05, 3.63) is 61.0 Å². The molecule has 0 saturated heterocycles. The van der Waals surface area contributed by atoms with Crippen LogP contribution < -0.4 is 4.74 Å². The molecule has 0 aliphatic carbocycles. The number of nitrogens with zero attached hydrogens (tertiary/aromatic N) is 2. The SMILES string of the molecule is N#Cc1cc(Br)cc(Oc2c(Br)cccc2[N+](=O)[O-])c1. The predicted molar refractivity (Wildman–Crippen MR) is 79.7 cm³/mol. The zero-order chi connectivity index (χ0) is 14.7. The van der Waals surface area contributed by atoms with Crippen LogP contribution in [0.5, 0.6) is 11.5 Å². The summed E-state index contributed by atoms with van der Waals surface area (Å²) in [6.07, 6.45) is 0. The van der Waals surface area contributed by atoms with Gasteiger partial charge in [-0.25, -0.2) is 0 Å². The molecule has 0 atom stereocenters. The zero-order valence-electron chi connectivity index (χ0n) is 9.84. The van der Waals surface area contributed by atoms with Gasteiger partial charge in [0.2, 0.25) is 5.75 Å². The molecule has 5 nitrogen and oxygen atoms in total. The number of hydrogen-bond donors (Lipinski definition) is 0. The van der Waals surface area contributed by atoms with Gasteiger partial charge in [-0.2, -0.15) is 5.26 Å². The van der Waals surface area contributed by atoms with Gasteiger partial charge in [0.05, 0.1) is 21.0 Å². The van der Waals surface area contributed by atoms with Gasteiger partial charge < -0.3 is 4.74 Å². The van der Waals surface area contributed by atoms with Crippen LogP contribution in [0.4, 0.5) is 5.69 Å². The highest BCUT2D eigenvalue weighted by Gasteiger charge is 2.19. The molecule has 7 heteroatoms. The van der Waals surface area contributed by atoms with E-state index < -0.39 is 4.92 Å². The summed E-state index contributed by atoms with van der Waals surface area (Å²) in [5.41, 5.74) is 0.238. The molecule has 20 heavy (non-hydrogen) atoms. The van der Waals surface area contributed by atoms with Crippen molar-refractivity contribution < 1.29 is 9.66 Å². The molecule has 0 aliphatic heterocycles. The van der Waals surface area contributed by atoms with Crippen molar-refractivity contribution in [3.63, 3.8) is 0 Å².